The van der Waals surface area contributed by atoms with Gasteiger partial charge in [-0.1, -0.05) is 6.92 Å². The van der Waals surface area contributed by atoms with E-state index in [1.807, 2.05) is 6.07 Å². The molecule has 0 bridgehead atoms. The molecule has 2 aromatic carbocycles. The topological polar surface area (TPSA) is 44.1 Å². The Labute approximate surface area is 146 Å². The first kappa shape index (κ1) is 17.1. The lowest BCUT2D eigenvalue weighted by atomic mass is 10.1. The fraction of sp³-hybridized carbons (Fsp3) is 0.300. The molecule has 3 aromatic rings. The Kier molecular flexibility index (Phi) is 4.83. The number of carbonyl (C=O) groups excluding carboxylic acids is 1. The summed E-state index contributed by atoms with van der Waals surface area (Å²) in [6.07, 6.45) is 0.930. The van der Waals surface area contributed by atoms with Crippen LogP contribution in [0.2, 0.25) is 0 Å². The predicted molar refractivity (Wildman–Crippen MR) is 96.1 cm³/mol. The van der Waals surface area contributed by atoms with Crippen LogP contribution in [-0.2, 0) is 4.74 Å². The average molecular weight is 340 g/mol. The number of halogens is 1. The maximum absolute atomic E-state index is 13.3. The van der Waals surface area contributed by atoms with Crippen molar-refractivity contribution in [2.24, 2.45) is 0 Å². The lowest BCUT2D eigenvalue weighted by Crippen LogP contribution is -2.06. The summed E-state index contributed by atoms with van der Waals surface area (Å²) in [7, 11) is 0. The van der Waals surface area contributed by atoms with Crippen LogP contribution in [0, 0.1) is 5.82 Å². The number of benzene rings is 2. The number of hydrogen-bond acceptors (Lipinski definition) is 3. The third-order valence-corrected chi connectivity index (χ3v) is 4.33. The molecule has 0 aliphatic carbocycles. The number of imidazole rings is 1. The minimum absolute atomic E-state index is 0.221. The molecule has 1 heterocycles. The fourth-order valence-electron chi connectivity index (χ4n) is 2.87. The van der Waals surface area contributed by atoms with Gasteiger partial charge in [-0.2, -0.15) is 0 Å². The van der Waals surface area contributed by atoms with Crippen molar-refractivity contribution in [1.29, 1.82) is 0 Å². The van der Waals surface area contributed by atoms with Crippen LogP contribution >= 0.6 is 0 Å². The molecule has 0 spiro atoms. The number of hydrogen-bond donors (Lipinski definition) is 0. The zero-order valence-electron chi connectivity index (χ0n) is 14.6. The van der Waals surface area contributed by atoms with E-state index in [2.05, 4.69) is 18.4 Å². The zero-order valence-corrected chi connectivity index (χ0v) is 14.6. The second-order valence-electron chi connectivity index (χ2n) is 5.99. The van der Waals surface area contributed by atoms with E-state index >= 15 is 0 Å². The van der Waals surface area contributed by atoms with Gasteiger partial charge in [0.15, 0.2) is 0 Å². The smallest absolute Gasteiger partial charge is 0.338 e. The van der Waals surface area contributed by atoms with Gasteiger partial charge in [0.2, 0.25) is 0 Å². The van der Waals surface area contributed by atoms with Gasteiger partial charge in [-0.25, -0.2) is 14.2 Å². The van der Waals surface area contributed by atoms with Crippen molar-refractivity contribution >= 4 is 17.0 Å². The van der Waals surface area contributed by atoms with Crippen molar-refractivity contribution in [2.75, 3.05) is 6.61 Å². The average Bonchev–Trinajstić information content (AvgIpc) is 3.00. The maximum atomic E-state index is 13.3. The normalized spacial score (nSPS) is 12.3. The molecule has 130 valence electrons. The Hall–Kier alpha value is -2.69. The minimum Gasteiger partial charge on any atom is -0.462 e. The molecule has 1 atom stereocenters. The highest BCUT2D eigenvalue weighted by Crippen LogP contribution is 2.30. The van der Waals surface area contributed by atoms with E-state index in [0.29, 0.717) is 12.2 Å². The summed E-state index contributed by atoms with van der Waals surface area (Å²) >= 11 is 0. The summed E-state index contributed by atoms with van der Waals surface area (Å²) in [4.78, 5) is 16.7. The minimum atomic E-state index is -0.356. The first-order valence-corrected chi connectivity index (χ1v) is 8.50. The van der Waals surface area contributed by atoms with Crippen molar-refractivity contribution in [2.45, 2.75) is 33.2 Å². The Balaban J connectivity index is 2.17. The van der Waals surface area contributed by atoms with Gasteiger partial charge in [0.1, 0.15) is 11.6 Å². The summed E-state index contributed by atoms with van der Waals surface area (Å²) in [5.41, 5.74) is 3.00. The quantitative estimate of drug-likeness (QED) is 0.615. The fourth-order valence-corrected chi connectivity index (χ4v) is 2.87. The Morgan fingerprint density at radius 3 is 2.56 bits per heavy atom. The van der Waals surface area contributed by atoms with Crippen LogP contribution in [0.15, 0.2) is 42.5 Å². The van der Waals surface area contributed by atoms with Gasteiger partial charge in [0.05, 0.1) is 23.2 Å². The molecule has 0 N–H and O–H groups in total. The first-order chi connectivity index (χ1) is 12.0. The standard InChI is InChI=1S/C20H21FN2O2/c1-4-13(3)23-18-11-8-15(20(24)25-5-2)12-17(18)22-19(23)14-6-9-16(21)10-7-14/h6-13H,4-5H2,1-3H3. The molecule has 0 aliphatic rings. The summed E-state index contributed by atoms with van der Waals surface area (Å²) in [5, 5.41) is 0. The van der Waals surface area contributed by atoms with Crippen LogP contribution < -0.4 is 0 Å². The van der Waals surface area contributed by atoms with Gasteiger partial charge in [-0.15, -0.1) is 0 Å². The van der Waals surface area contributed by atoms with E-state index in [4.69, 9.17) is 9.72 Å². The Morgan fingerprint density at radius 2 is 1.92 bits per heavy atom. The van der Waals surface area contributed by atoms with Crippen molar-refractivity contribution in [3.8, 4) is 11.4 Å². The Bertz CT molecular complexity index is 900. The molecule has 0 radical (unpaired) electrons. The molecule has 1 aromatic heterocycles. The molecule has 0 aliphatic heterocycles. The van der Waals surface area contributed by atoms with Gasteiger partial charge < -0.3 is 9.30 Å². The lowest BCUT2D eigenvalue weighted by molar-refractivity contribution is 0.0526. The number of esters is 1. The van der Waals surface area contributed by atoms with Crippen LogP contribution in [-0.4, -0.2) is 22.1 Å². The van der Waals surface area contributed by atoms with Gasteiger partial charge >= 0.3 is 5.97 Å². The van der Waals surface area contributed by atoms with Gasteiger partial charge in [-0.05, 0) is 62.7 Å². The molecule has 0 amide bonds. The van der Waals surface area contributed by atoms with Crippen molar-refractivity contribution < 1.29 is 13.9 Å². The van der Waals surface area contributed by atoms with Crippen LogP contribution in [0.1, 0.15) is 43.6 Å². The molecule has 4 nitrogen and oxygen atoms in total. The molecule has 3 rings (SSSR count). The number of fused-ring (bicyclic) bond motifs is 1. The van der Waals surface area contributed by atoms with Gasteiger partial charge in [0.25, 0.3) is 0 Å². The summed E-state index contributed by atoms with van der Waals surface area (Å²) < 4.78 is 20.5. The van der Waals surface area contributed by atoms with Gasteiger partial charge in [0, 0.05) is 11.6 Å². The third-order valence-electron chi connectivity index (χ3n) is 4.33. The Morgan fingerprint density at radius 1 is 1.20 bits per heavy atom. The predicted octanol–water partition coefficient (Wildman–Crippen LogP) is 4.99. The second-order valence-corrected chi connectivity index (χ2v) is 5.99. The second kappa shape index (κ2) is 7.05. The van der Waals surface area contributed by atoms with Crippen molar-refractivity contribution in [1.82, 2.24) is 9.55 Å². The van der Waals surface area contributed by atoms with E-state index < -0.39 is 0 Å². The summed E-state index contributed by atoms with van der Waals surface area (Å²) in [6, 6.07) is 11.9. The molecule has 0 saturated heterocycles. The molecule has 1 unspecified atom stereocenters. The van der Waals surface area contributed by atoms with E-state index in [1.165, 1.54) is 12.1 Å². The van der Waals surface area contributed by atoms with Crippen molar-refractivity contribution in [3.05, 3.63) is 53.8 Å². The van der Waals surface area contributed by atoms with E-state index in [1.54, 1.807) is 31.2 Å². The molecule has 0 fully saturated rings. The number of carbonyl (C=O) groups is 1. The van der Waals surface area contributed by atoms with Crippen LogP contribution in [0.25, 0.3) is 22.4 Å². The molecule has 0 saturated carbocycles. The molecular weight excluding hydrogens is 319 g/mol. The number of aromatic nitrogens is 2. The number of rotatable bonds is 5. The molecule has 5 heteroatoms. The van der Waals surface area contributed by atoms with Crippen molar-refractivity contribution in [3.63, 3.8) is 0 Å². The monoisotopic (exact) mass is 340 g/mol. The van der Waals surface area contributed by atoms with Crippen LogP contribution in [0.3, 0.4) is 0 Å². The highest BCUT2D eigenvalue weighted by atomic mass is 19.1. The third kappa shape index (κ3) is 3.27. The summed E-state index contributed by atoms with van der Waals surface area (Å²) in [6.45, 7) is 6.34. The molecular formula is C20H21FN2O2. The maximum Gasteiger partial charge on any atom is 0.338 e. The van der Waals surface area contributed by atoms with Crippen LogP contribution in [0.4, 0.5) is 4.39 Å². The number of ether oxygens (including phenoxy) is 1. The highest BCUT2D eigenvalue weighted by Gasteiger charge is 2.18. The largest absolute Gasteiger partial charge is 0.462 e. The van der Waals surface area contributed by atoms with Gasteiger partial charge in [-0.3, -0.25) is 0 Å². The van der Waals surface area contributed by atoms with Crippen LogP contribution in [0.5, 0.6) is 0 Å². The first-order valence-electron chi connectivity index (χ1n) is 8.50. The lowest BCUT2D eigenvalue weighted by Gasteiger charge is -2.16. The number of nitrogens with zero attached hydrogens (tertiary/aromatic N) is 2. The zero-order chi connectivity index (χ0) is 18.0. The SMILES string of the molecule is CCOC(=O)c1ccc2c(c1)nc(-c1ccc(F)cc1)n2C(C)CC. The highest BCUT2D eigenvalue weighted by molar-refractivity contribution is 5.94. The van der Waals surface area contributed by atoms with E-state index in [0.717, 1.165) is 28.8 Å². The van der Waals surface area contributed by atoms with E-state index in [9.17, 15) is 9.18 Å². The summed E-state index contributed by atoms with van der Waals surface area (Å²) in [5.74, 6) is 0.135. The van der Waals surface area contributed by atoms with E-state index in [-0.39, 0.29) is 17.8 Å². The molecule has 25 heavy (non-hydrogen) atoms.